The Bertz CT molecular complexity index is 1000. The standard InChI is InChI=1S/C21H15F3N2O2/c22-21(23,24)15-9-6-10-16(13-15)25-20(28)17-11-4-5-12-18(17)26-19(27)14-7-2-1-3-8-14/h1-13H,(H,25,28)(H,26,27). The Morgan fingerprint density at radius 2 is 1.39 bits per heavy atom. The molecular formula is C21H15F3N2O2. The van der Waals surface area contributed by atoms with Gasteiger partial charge in [0.1, 0.15) is 0 Å². The highest BCUT2D eigenvalue weighted by Crippen LogP contribution is 2.31. The van der Waals surface area contributed by atoms with Crippen molar-refractivity contribution in [3.63, 3.8) is 0 Å². The summed E-state index contributed by atoms with van der Waals surface area (Å²) in [6, 6.07) is 19.0. The summed E-state index contributed by atoms with van der Waals surface area (Å²) in [7, 11) is 0. The molecule has 0 atom stereocenters. The Morgan fingerprint density at radius 1 is 0.714 bits per heavy atom. The number of carbonyl (C=O) groups is 2. The van der Waals surface area contributed by atoms with Crippen molar-refractivity contribution in [3.05, 3.63) is 95.6 Å². The van der Waals surface area contributed by atoms with Crippen LogP contribution in [-0.2, 0) is 6.18 Å². The first-order valence-electron chi connectivity index (χ1n) is 8.28. The molecule has 4 nitrogen and oxygen atoms in total. The minimum Gasteiger partial charge on any atom is -0.322 e. The first-order valence-corrected chi connectivity index (χ1v) is 8.28. The second kappa shape index (κ2) is 7.96. The molecule has 0 aliphatic carbocycles. The number of nitrogens with one attached hydrogen (secondary N) is 2. The SMILES string of the molecule is O=C(Nc1ccccc1C(=O)Nc1cccc(C(F)(F)F)c1)c1ccccc1. The number of hydrogen-bond donors (Lipinski definition) is 2. The molecule has 0 radical (unpaired) electrons. The summed E-state index contributed by atoms with van der Waals surface area (Å²) in [4.78, 5) is 24.9. The van der Waals surface area contributed by atoms with Crippen LogP contribution in [-0.4, -0.2) is 11.8 Å². The molecule has 0 heterocycles. The van der Waals surface area contributed by atoms with Crippen LogP contribution in [0.4, 0.5) is 24.5 Å². The molecule has 0 spiro atoms. The molecule has 0 saturated heterocycles. The third kappa shape index (κ3) is 4.56. The van der Waals surface area contributed by atoms with Crippen LogP contribution in [0.5, 0.6) is 0 Å². The third-order valence-corrected chi connectivity index (χ3v) is 3.90. The molecule has 0 aromatic heterocycles. The van der Waals surface area contributed by atoms with Gasteiger partial charge in [0.15, 0.2) is 0 Å². The molecule has 142 valence electrons. The molecule has 3 aromatic rings. The lowest BCUT2D eigenvalue weighted by Crippen LogP contribution is -2.18. The Balaban J connectivity index is 1.81. The highest BCUT2D eigenvalue weighted by molar-refractivity contribution is 6.12. The molecule has 0 aliphatic rings. The smallest absolute Gasteiger partial charge is 0.322 e. The number of hydrogen-bond acceptors (Lipinski definition) is 2. The number of amides is 2. The van der Waals surface area contributed by atoms with Crippen molar-refractivity contribution >= 4 is 23.2 Å². The van der Waals surface area contributed by atoms with Crippen LogP contribution in [0.1, 0.15) is 26.3 Å². The van der Waals surface area contributed by atoms with Crippen LogP contribution in [0, 0.1) is 0 Å². The Morgan fingerprint density at radius 3 is 2.11 bits per heavy atom. The number of rotatable bonds is 4. The quantitative estimate of drug-likeness (QED) is 0.649. The van der Waals surface area contributed by atoms with Crippen LogP contribution in [0.2, 0.25) is 0 Å². The second-order valence-corrected chi connectivity index (χ2v) is 5.90. The van der Waals surface area contributed by atoms with E-state index in [1.165, 1.54) is 18.2 Å². The normalized spacial score (nSPS) is 11.0. The lowest BCUT2D eigenvalue weighted by Gasteiger charge is -2.13. The van der Waals surface area contributed by atoms with E-state index in [0.29, 0.717) is 5.56 Å². The van der Waals surface area contributed by atoms with Gasteiger partial charge in [-0.05, 0) is 42.5 Å². The summed E-state index contributed by atoms with van der Waals surface area (Å²) in [5.74, 6) is -1.04. The van der Waals surface area contributed by atoms with Crippen molar-refractivity contribution in [2.75, 3.05) is 10.6 Å². The lowest BCUT2D eigenvalue weighted by molar-refractivity contribution is -0.137. The number of carbonyl (C=O) groups excluding carboxylic acids is 2. The van der Waals surface area contributed by atoms with Crippen LogP contribution in [0.3, 0.4) is 0 Å². The molecule has 0 bridgehead atoms. The molecule has 0 fully saturated rings. The molecular weight excluding hydrogens is 369 g/mol. The van der Waals surface area contributed by atoms with Crippen molar-refractivity contribution in [3.8, 4) is 0 Å². The predicted molar refractivity (Wildman–Crippen MR) is 100 cm³/mol. The largest absolute Gasteiger partial charge is 0.416 e. The topological polar surface area (TPSA) is 58.2 Å². The maximum Gasteiger partial charge on any atom is 0.416 e. The predicted octanol–water partition coefficient (Wildman–Crippen LogP) is 5.21. The van der Waals surface area contributed by atoms with Crippen LogP contribution in [0.15, 0.2) is 78.9 Å². The fourth-order valence-electron chi connectivity index (χ4n) is 2.55. The second-order valence-electron chi connectivity index (χ2n) is 5.90. The van der Waals surface area contributed by atoms with Crippen LogP contribution >= 0.6 is 0 Å². The Kier molecular flexibility index (Phi) is 5.44. The van der Waals surface area contributed by atoms with Crippen molar-refractivity contribution < 1.29 is 22.8 Å². The van der Waals surface area contributed by atoms with Crippen LogP contribution in [0.25, 0.3) is 0 Å². The van der Waals surface area contributed by atoms with Gasteiger partial charge in [-0.25, -0.2) is 0 Å². The summed E-state index contributed by atoms with van der Waals surface area (Å²) in [5, 5.41) is 5.08. The summed E-state index contributed by atoms with van der Waals surface area (Å²) < 4.78 is 38.5. The summed E-state index contributed by atoms with van der Waals surface area (Å²) in [5.41, 5.74) is -0.0689. The van der Waals surface area contributed by atoms with Gasteiger partial charge in [0.2, 0.25) is 0 Å². The van der Waals surface area contributed by atoms with Gasteiger partial charge in [-0.15, -0.1) is 0 Å². The fraction of sp³-hybridized carbons (Fsp3) is 0.0476. The fourth-order valence-corrected chi connectivity index (χ4v) is 2.55. The van der Waals surface area contributed by atoms with Gasteiger partial charge >= 0.3 is 6.18 Å². The number of benzene rings is 3. The van der Waals surface area contributed by atoms with E-state index in [-0.39, 0.29) is 16.9 Å². The minimum atomic E-state index is -4.51. The molecule has 0 aliphatic heterocycles. The molecule has 0 saturated carbocycles. The van der Waals surface area contributed by atoms with Crippen molar-refractivity contribution in [1.29, 1.82) is 0 Å². The van der Waals surface area contributed by atoms with E-state index in [4.69, 9.17) is 0 Å². The van der Waals surface area contributed by atoms with E-state index in [1.807, 2.05) is 0 Å². The molecule has 7 heteroatoms. The maximum absolute atomic E-state index is 12.8. The third-order valence-electron chi connectivity index (χ3n) is 3.90. The van der Waals surface area contributed by atoms with E-state index in [1.54, 1.807) is 48.5 Å². The van der Waals surface area contributed by atoms with Gasteiger partial charge in [0, 0.05) is 11.3 Å². The number of para-hydroxylation sites is 1. The van der Waals surface area contributed by atoms with Crippen molar-refractivity contribution in [1.82, 2.24) is 0 Å². The number of alkyl halides is 3. The van der Waals surface area contributed by atoms with Crippen molar-refractivity contribution in [2.45, 2.75) is 6.18 Å². The summed E-state index contributed by atoms with van der Waals surface area (Å²) in [6.45, 7) is 0. The molecule has 3 rings (SSSR count). The Hall–Kier alpha value is -3.61. The Labute approximate surface area is 159 Å². The van der Waals surface area contributed by atoms with Gasteiger partial charge in [-0.3, -0.25) is 9.59 Å². The van der Waals surface area contributed by atoms with Gasteiger partial charge < -0.3 is 10.6 Å². The first-order chi connectivity index (χ1) is 13.3. The van der Waals surface area contributed by atoms with Crippen LogP contribution < -0.4 is 10.6 Å². The van der Waals surface area contributed by atoms with E-state index in [9.17, 15) is 22.8 Å². The molecule has 2 N–H and O–H groups in total. The molecule has 0 unspecified atom stereocenters. The van der Waals surface area contributed by atoms with E-state index >= 15 is 0 Å². The van der Waals surface area contributed by atoms with E-state index in [2.05, 4.69) is 10.6 Å². The molecule has 3 aromatic carbocycles. The van der Waals surface area contributed by atoms with E-state index < -0.39 is 23.6 Å². The highest BCUT2D eigenvalue weighted by Gasteiger charge is 2.30. The van der Waals surface area contributed by atoms with Gasteiger partial charge in [-0.1, -0.05) is 36.4 Å². The zero-order chi connectivity index (χ0) is 20.1. The van der Waals surface area contributed by atoms with Crippen molar-refractivity contribution in [2.24, 2.45) is 0 Å². The van der Waals surface area contributed by atoms with Gasteiger partial charge in [-0.2, -0.15) is 13.2 Å². The number of halogens is 3. The maximum atomic E-state index is 12.8. The summed E-state index contributed by atoms with van der Waals surface area (Å²) >= 11 is 0. The van der Waals surface area contributed by atoms with E-state index in [0.717, 1.165) is 12.1 Å². The first kappa shape index (κ1) is 19.2. The highest BCUT2D eigenvalue weighted by atomic mass is 19.4. The zero-order valence-corrected chi connectivity index (χ0v) is 14.5. The number of anilines is 2. The zero-order valence-electron chi connectivity index (χ0n) is 14.5. The average Bonchev–Trinajstić information content (AvgIpc) is 2.68. The lowest BCUT2D eigenvalue weighted by atomic mass is 10.1. The summed E-state index contributed by atoms with van der Waals surface area (Å²) in [6.07, 6.45) is -4.51. The monoisotopic (exact) mass is 384 g/mol. The van der Waals surface area contributed by atoms with Gasteiger partial charge in [0.05, 0.1) is 16.8 Å². The minimum absolute atomic E-state index is 0.00372. The van der Waals surface area contributed by atoms with Gasteiger partial charge in [0.25, 0.3) is 11.8 Å². The molecule has 28 heavy (non-hydrogen) atoms. The average molecular weight is 384 g/mol. The molecule has 2 amide bonds.